The summed E-state index contributed by atoms with van der Waals surface area (Å²) in [5, 5.41) is 3.51. The van der Waals surface area contributed by atoms with E-state index in [-0.39, 0.29) is 11.9 Å². The van der Waals surface area contributed by atoms with Gasteiger partial charge in [-0.2, -0.15) is 0 Å². The van der Waals surface area contributed by atoms with Crippen molar-refractivity contribution in [1.29, 1.82) is 0 Å². The summed E-state index contributed by atoms with van der Waals surface area (Å²) in [6, 6.07) is 10.1. The molecule has 2 aromatic carbocycles. The number of nitrogens with zero attached hydrogens (tertiary/aromatic N) is 2. The minimum atomic E-state index is -0.345. The number of fused-ring (bicyclic) bond motifs is 1. The van der Waals surface area contributed by atoms with Crippen molar-refractivity contribution in [3.8, 4) is 0 Å². The number of hydrogen-bond acceptors (Lipinski definition) is 3. The quantitative estimate of drug-likeness (QED) is 0.801. The molecule has 1 N–H and O–H groups in total. The topological polar surface area (TPSA) is 37.8 Å². The highest BCUT2D eigenvalue weighted by Gasteiger charge is 2.19. The van der Waals surface area contributed by atoms with E-state index in [1.165, 1.54) is 6.07 Å². The maximum Gasteiger partial charge on any atom is 0.129 e. The van der Waals surface area contributed by atoms with Gasteiger partial charge in [-0.25, -0.2) is 4.39 Å². The summed E-state index contributed by atoms with van der Waals surface area (Å²) in [4.78, 5) is 8.66. The van der Waals surface area contributed by atoms with Crippen LogP contribution < -0.4 is 5.32 Å². The van der Waals surface area contributed by atoms with E-state index in [1.54, 1.807) is 31.6 Å². The minimum absolute atomic E-state index is 0.317. The molecule has 3 aromatic rings. The van der Waals surface area contributed by atoms with Crippen LogP contribution in [0.4, 0.5) is 4.39 Å². The van der Waals surface area contributed by atoms with Crippen molar-refractivity contribution in [2.24, 2.45) is 0 Å². The first-order chi connectivity index (χ1) is 10.2. The molecule has 0 amide bonds. The summed E-state index contributed by atoms with van der Waals surface area (Å²) < 4.78 is 14.2. The molecule has 0 aliphatic heterocycles. The van der Waals surface area contributed by atoms with Gasteiger partial charge in [0.1, 0.15) is 5.82 Å². The molecule has 1 atom stereocenters. The highest BCUT2D eigenvalue weighted by atomic mass is 35.5. The average Bonchev–Trinajstić information content (AvgIpc) is 2.50. The summed E-state index contributed by atoms with van der Waals surface area (Å²) in [5.41, 5.74) is 2.95. The highest BCUT2D eigenvalue weighted by molar-refractivity contribution is 6.30. The predicted molar refractivity (Wildman–Crippen MR) is 81.9 cm³/mol. The van der Waals surface area contributed by atoms with Crippen LogP contribution in [0.5, 0.6) is 0 Å². The van der Waals surface area contributed by atoms with Crippen LogP contribution in [0, 0.1) is 5.82 Å². The summed E-state index contributed by atoms with van der Waals surface area (Å²) in [6.07, 6.45) is 3.28. The van der Waals surface area contributed by atoms with E-state index < -0.39 is 0 Å². The second-order valence-electron chi connectivity index (χ2n) is 4.66. The molecule has 0 radical (unpaired) electrons. The smallest absolute Gasteiger partial charge is 0.129 e. The first kappa shape index (κ1) is 13.9. The van der Waals surface area contributed by atoms with Gasteiger partial charge in [0.05, 0.1) is 17.1 Å². The van der Waals surface area contributed by atoms with Crippen LogP contribution in [0.3, 0.4) is 0 Å². The third kappa shape index (κ3) is 2.60. The van der Waals surface area contributed by atoms with Crippen LogP contribution in [0.1, 0.15) is 17.2 Å². The Kier molecular flexibility index (Phi) is 3.82. The van der Waals surface area contributed by atoms with Gasteiger partial charge in [0, 0.05) is 28.5 Å². The Balaban J connectivity index is 2.18. The van der Waals surface area contributed by atoms with Gasteiger partial charge in [0.2, 0.25) is 0 Å². The van der Waals surface area contributed by atoms with Crippen molar-refractivity contribution in [1.82, 2.24) is 15.3 Å². The van der Waals surface area contributed by atoms with Gasteiger partial charge in [-0.15, -0.1) is 0 Å². The van der Waals surface area contributed by atoms with E-state index in [0.717, 1.165) is 16.6 Å². The Bertz CT molecular complexity index is 786. The van der Waals surface area contributed by atoms with Crippen molar-refractivity contribution < 1.29 is 4.39 Å². The Labute approximate surface area is 126 Å². The number of benzene rings is 2. The lowest BCUT2D eigenvalue weighted by molar-refractivity contribution is 0.577. The molecule has 21 heavy (non-hydrogen) atoms. The van der Waals surface area contributed by atoms with Gasteiger partial charge >= 0.3 is 0 Å². The van der Waals surface area contributed by atoms with Gasteiger partial charge in [-0.3, -0.25) is 9.97 Å². The van der Waals surface area contributed by atoms with E-state index in [9.17, 15) is 4.39 Å². The van der Waals surface area contributed by atoms with E-state index in [1.807, 2.05) is 18.2 Å². The summed E-state index contributed by atoms with van der Waals surface area (Å²) >= 11 is 5.82. The van der Waals surface area contributed by atoms with Crippen LogP contribution in [-0.4, -0.2) is 17.0 Å². The van der Waals surface area contributed by atoms with E-state index in [2.05, 4.69) is 15.3 Å². The molecule has 5 heteroatoms. The molecule has 1 unspecified atom stereocenters. The predicted octanol–water partition coefficient (Wildman–Crippen LogP) is 3.73. The van der Waals surface area contributed by atoms with Gasteiger partial charge in [0.25, 0.3) is 0 Å². The van der Waals surface area contributed by atoms with Gasteiger partial charge in [0.15, 0.2) is 0 Å². The molecule has 0 aliphatic carbocycles. The largest absolute Gasteiger partial charge is 0.309 e. The van der Waals surface area contributed by atoms with E-state index in [0.29, 0.717) is 10.6 Å². The first-order valence-corrected chi connectivity index (χ1v) is 6.90. The fourth-order valence-electron chi connectivity index (χ4n) is 2.46. The fourth-order valence-corrected chi connectivity index (χ4v) is 2.62. The zero-order chi connectivity index (χ0) is 14.8. The van der Waals surface area contributed by atoms with Gasteiger partial charge in [-0.05, 0) is 25.2 Å². The molecule has 3 rings (SSSR count). The molecule has 1 aromatic heterocycles. The van der Waals surface area contributed by atoms with Gasteiger partial charge in [-0.1, -0.05) is 29.8 Å². The van der Waals surface area contributed by atoms with Gasteiger partial charge < -0.3 is 5.32 Å². The molecule has 0 bridgehead atoms. The second-order valence-corrected chi connectivity index (χ2v) is 5.10. The molecular weight excluding hydrogens is 289 g/mol. The SMILES string of the molecule is CNC(c1ccc(Cl)cc1F)c1cccc2nccnc12. The lowest BCUT2D eigenvalue weighted by atomic mass is 9.97. The zero-order valence-electron chi connectivity index (χ0n) is 11.3. The maximum atomic E-state index is 14.2. The molecule has 1 heterocycles. The first-order valence-electron chi connectivity index (χ1n) is 6.52. The number of hydrogen-bond donors (Lipinski definition) is 1. The third-order valence-electron chi connectivity index (χ3n) is 3.40. The Morgan fingerprint density at radius 3 is 2.67 bits per heavy atom. The fraction of sp³-hybridized carbons (Fsp3) is 0.125. The highest BCUT2D eigenvalue weighted by Crippen LogP contribution is 2.29. The van der Waals surface area contributed by atoms with Crippen molar-refractivity contribution in [3.05, 3.63) is 70.8 Å². The third-order valence-corrected chi connectivity index (χ3v) is 3.64. The molecule has 0 spiro atoms. The molecule has 3 nitrogen and oxygen atoms in total. The minimum Gasteiger partial charge on any atom is -0.309 e. The van der Waals surface area contributed by atoms with Crippen molar-refractivity contribution in [3.63, 3.8) is 0 Å². The number of rotatable bonds is 3. The number of aromatic nitrogens is 2. The van der Waals surface area contributed by atoms with Crippen molar-refractivity contribution in [2.75, 3.05) is 7.05 Å². The lowest BCUT2D eigenvalue weighted by Crippen LogP contribution is -2.19. The summed E-state index contributed by atoms with van der Waals surface area (Å²) in [7, 11) is 1.79. The molecular formula is C16H13ClFN3. The Morgan fingerprint density at radius 1 is 1.10 bits per heavy atom. The van der Waals surface area contributed by atoms with Crippen molar-refractivity contribution >= 4 is 22.6 Å². The monoisotopic (exact) mass is 301 g/mol. The second kappa shape index (κ2) is 5.76. The maximum absolute atomic E-state index is 14.2. The Morgan fingerprint density at radius 2 is 1.90 bits per heavy atom. The van der Waals surface area contributed by atoms with E-state index >= 15 is 0 Å². The van der Waals surface area contributed by atoms with Crippen LogP contribution in [-0.2, 0) is 0 Å². The zero-order valence-corrected chi connectivity index (χ0v) is 12.1. The molecule has 0 aliphatic rings. The lowest BCUT2D eigenvalue weighted by Gasteiger charge is -2.19. The van der Waals surface area contributed by atoms with Crippen LogP contribution >= 0.6 is 11.6 Å². The molecule has 0 saturated heterocycles. The molecule has 106 valence electrons. The molecule has 0 fully saturated rings. The summed E-state index contributed by atoms with van der Waals surface area (Å²) in [5.74, 6) is -0.345. The molecule has 0 saturated carbocycles. The van der Waals surface area contributed by atoms with Crippen LogP contribution in [0.15, 0.2) is 48.8 Å². The Hall–Kier alpha value is -2.04. The number of para-hydroxylation sites is 1. The van der Waals surface area contributed by atoms with E-state index in [4.69, 9.17) is 11.6 Å². The standard InChI is InChI=1S/C16H13ClFN3/c1-19-15(11-6-5-10(17)9-13(11)18)12-3-2-4-14-16(12)21-8-7-20-14/h2-9,15,19H,1H3. The van der Waals surface area contributed by atoms with Crippen molar-refractivity contribution in [2.45, 2.75) is 6.04 Å². The summed E-state index contributed by atoms with van der Waals surface area (Å²) in [6.45, 7) is 0. The number of nitrogens with one attached hydrogen (secondary N) is 1. The van der Waals surface area contributed by atoms with Crippen LogP contribution in [0.25, 0.3) is 11.0 Å². The number of halogens is 2. The average molecular weight is 302 g/mol. The normalized spacial score (nSPS) is 12.5. The van der Waals surface area contributed by atoms with Crippen LogP contribution in [0.2, 0.25) is 5.02 Å².